The molecule has 0 atom stereocenters. The van der Waals surface area contributed by atoms with Crippen molar-refractivity contribution in [3.8, 4) is 0 Å². The van der Waals surface area contributed by atoms with Gasteiger partial charge in [0.05, 0.1) is 6.54 Å². The van der Waals surface area contributed by atoms with Crippen LogP contribution in [0.5, 0.6) is 0 Å². The van der Waals surface area contributed by atoms with E-state index in [-0.39, 0.29) is 12.2 Å². The molecule has 0 saturated carbocycles. The van der Waals surface area contributed by atoms with Crippen molar-refractivity contribution in [3.63, 3.8) is 0 Å². The summed E-state index contributed by atoms with van der Waals surface area (Å²) in [6, 6.07) is 4.88. The maximum atomic E-state index is 12.2. The standard InChI is InChI=1S/C13H13Cl2N3O2/c1-2-17-7-11(16)12(19)18(13(17)20)6-8-5-9(14)3-4-10(8)15/h3-5,7H,2,6,16H2,1H3. The molecule has 1 aromatic carbocycles. The topological polar surface area (TPSA) is 70.0 Å². The van der Waals surface area contributed by atoms with Gasteiger partial charge < -0.3 is 5.73 Å². The number of nitrogen functional groups attached to an aromatic ring is 1. The van der Waals surface area contributed by atoms with Crippen molar-refractivity contribution in [1.29, 1.82) is 0 Å². The number of aryl methyl sites for hydroxylation is 1. The molecule has 0 amide bonds. The second kappa shape index (κ2) is 5.73. The van der Waals surface area contributed by atoms with E-state index >= 15 is 0 Å². The van der Waals surface area contributed by atoms with E-state index < -0.39 is 11.2 Å². The summed E-state index contributed by atoms with van der Waals surface area (Å²) < 4.78 is 2.42. The molecule has 20 heavy (non-hydrogen) atoms. The molecular formula is C13H13Cl2N3O2. The molecule has 106 valence electrons. The van der Waals surface area contributed by atoms with Crippen molar-refractivity contribution < 1.29 is 0 Å². The van der Waals surface area contributed by atoms with E-state index in [0.717, 1.165) is 4.57 Å². The van der Waals surface area contributed by atoms with Gasteiger partial charge in [-0.1, -0.05) is 23.2 Å². The van der Waals surface area contributed by atoms with Crippen molar-refractivity contribution in [3.05, 3.63) is 60.8 Å². The molecule has 0 aliphatic carbocycles. The van der Waals surface area contributed by atoms with Crippen LogP contribution in [0.1, 0.15) is 12.5 Å². The minimum atomic E-state index is -0.532. The Bertz CT molecular complexity index is 765. The highest BCUT2D eigenvalue weighted by atomic mass is 35.5. The number of nitrogens with zero attached hydrogens (tertiary/aromatic N) is 2. The molecule has 0 saturated heterocycles. The van der Waals surface area contributed by atoms with Gasteiger partial charge in [-0.25, -0.2) is 4.79 Å². The average Bonchev–Trinajstić information content (AvgIpc) is 2.42. The third-order valence-electron chi connectivity index (χ3n) is 2.94. The van der Waals surface area contributed by atoms with Gasteiger partial charge >= 0.3 is 5.69 Å². The van der Waals surface area contributed by atoms with Gasteiger partial charge in [0.25, 0.3) is 5.56 Å². The van der Waals surface area contributed by atoms with Crippen molar-refractivity contribution >= 4 is 28.9 Å². The lowest BCUT2D eigenvalue weighted by Gasteiger charge is -2.11. The molecule has 0 aliphatic heterocycles. The number of nitrogens with two attached hydrogens (primary N) is 1. The van der Waals surface area contributed by atoms with E-state index in [2.05, 4.69) is 0 Å². The fraction of sp³-hybridized carbons (Fsp3) is 0.231. The van der Waals surface area contributed by atoms with E-state index in [1.54, 1.807) is 25.1 Å². The number of halogens is 2. The Labute approximate surface area is 125 Å². The lowest BCUT2D eigenvalue weighted by atomic mass is 10.2. The quantitative estimate of drug-likeness (QED) is 0.941. The molecule has 0 aliphatic rings. The van der Waals surface area contributed by atoms with E-state index in [1.165, 1.54) is 10.8 Å². The van der Waals surface area contributed by atoms with Gasteiger partial charge in [-0.05, 0) is 30.7 Å². The molecule has 0 unspecified atom stereocenters. The molecule has 0 fully saturated rings. The molecule has 1 aromatic heterocycles. The lowest BCUT2D eigenvalue weighted by molar-refractivity contribution is 0.603. The molecule has 0 spiro atoms. The first-order valence-corrected chi connectivity index (χ1v) is 6.73. The first-order chi connectivity index (χ1) is 9.43. The summed E-state index contributed by atoms with van der Waals surface area (Å²) in [4.78, 5) is 24.2. The number of benzene rings is 1. The van der Waals surface area contributed by atoms with Gasteiger partial charge in [0.15, 0.2) is 0 Å². The van der Waals surface area contributed by atoms with Crippen LogP contribution in [0.15, 0.2) is 34.0 Å². The van der Waals surface area contributed by atoms with Crippen LogP contribution in [0.3, 0.4) is 0 Å². The molecule has 0 bridgehead atoms. The molecule has 1 heterocycles. The minimum Gasteiger partial charge on any atom is -0.393 e. The summed E-state index contributed by atoms with van der Waals surface area (Å²) in [5, 5.41) is 0.920. The summed E-state index contributed by atoms with van der Waals surface area (Å²) in [5.74, 6) is 0. The molecular weight excluding hydrogens is 301 g/mol. The van der Waals surface area contributed by atoms with Crippen LogP contribution in [0.2, 0.25) is 10.0 Å². The Morgan fingerprint density at radius 1 is 1.25 bits per heavy atom. The fourth-order valence-corrected chi connectivity index (χ4v) is 2.25. The Kier molecular flexibility index (Phi) is 4.20. The van der Waals surface area contributed by atoms with Gasteiger partial charge in [0.2, 0.25) is 0 Å². The predicted molar refractivity (Wildman–Crippen MR) is 80.6 cm³/mol. The Morgan fingerprint density at radius 2 is 1.95 bits per heavy atom. The third-order valence-corrected chi connectivity index (χ3v) is 3.54. The summed E-state index contributed by atoms with van der Waals surface area (Å²) in [6.07, 6.45) is 1.35. The van der Waals surface area contributed by atoms with E-state index in [0.29, 0.717) is 22.2 Å². The number of hydrogen-bond donors (Lipinski definition) is 1. The maximum Gasteiger partial charge on any atom is 0.331 e. The van der Waals surface area contributed by atoms with Crippen molar-refractivity contribution in [2.75, 3.05) is 5.73 Å². The van der Waals surface area contributed by atoms with Gasteiger partial charge in [-0.3, -0.25) is 13.9 Å². The number of aromatic nitrogens is 2. The molecule has 2 rings (SSSR count). The molecule has 2 aromatic rings. The first kappa shape index (κ1) is 14.7. The first-order valence-electron chi connectivity index (χ1n) is 5.97. The Balaban J connectivity index is 2.59. The van der Waals surface area contributed by atoms with Crippen LogP contribution in [0.4, 0.5) is 5.69 Å². The number of rotatable bonds is 3. The molecule has 5 nitrogen and oxygen atoms in total. The summed E-state index contributed by atoms with van der Waals surface area (Å²) >= 11 is 11.9. The van der Waals surface area contributed by atoms with E-state index in [1.807, 2.05) is 0 Å². The highest BCUT2D eigenvalue weighted by molar-refractivity contribution is 6.33. The minimum absolute atomic E-state index is 0.0181. The second-order valence-corrected chi connectivity index (χ2v) is 5.12. The lowest BCUT2D eigenvalue weighted by Crippen LogP contribution is -2.40. The molecule has 0 radical (unpaired) electrons. The number of anilines is 1. The van der Waals surface area contributed by atoms with E-state index in [4.69, 9.17) is 28.9 Å². The Morgan fingerprint density at radius 3 is 2.60 bits per heavy atom. The molecule has 2 N–H and O–H groups in total. The molecule has 7 heteroatoms. The highest BCUT2D eigenvalue weighted by Gasteiger charge is 2.11. The fourth-order valence-electron chi connectivity index (χ4n) is 1.88. The zero-order valence-corrected chi connectivity index (χ0v) is 12.3. The summed E-state index contributed by atoms with van der Waals surface area (Å²) in [5.41, 5.74) is 5.28. The second-order valence-electron chi connectivity index (χ2n) is 4.28. The highest BCUT2D eigenvalue weighted by Crippen LogP contribution is 2.20. The SMILES string of the molecule is CCn1cc(N)c(=O)n(Cc2cc(Cl)ccc2Cl)c1=O. The van der Waals surface area contributed by atoms with Crippen LogP contribution in [0, 0.1) is 0 Å². The van der Waals surface area contributed by atoms with Crippen molar-refractivity contribution in [1.82, 2.24) is 9.13 Å². The van der Waals surface area contributed by atoms with Gasteiger partial charge in [-0.15, -0.1) is 0 Å². The van der Waals surface area contributed by atoms with Crippen LogP contribution in [-0.4, -0.2) is 9.13 Å². The van der Waals surface area contributed by atoms with Crippen LogP contribution in [0.25, 0.3) is 0 Å². The largest absolute Gasteiger partial charge is 0.393 e. The number of hydrogen-bond acceptors (Lipinski definition) is 3. The Hall–Kier alpha value is -1.72. The van der Waals surface area contributed by atoms with Crippen LogP contribution >= 0.6 is 23.2 Å². The van der Waals surface area contributed by atoms with Crippen molar-refractivity contribution in [2.24, 2.45) is 0 Å². The average molecular weight is 314 g/mol. The zero-order valence-electron chi connectivity index (χ0n) is 10.8. The summed E-state index contributed by atoms with van der Waals surface area (Å²) in [6.45, 7) is 2.25. The normalized spacial score (nSPS) is 10.8. The van der Waals surface area contributed by atoms with Gasteiger partial charge in [-0.2, -0.15) is 0 Å². The maximum absolute atomic E-state index is 12.2. The summed E-state index contributed by atoms with van der Waals surface area (Å²) in [7, 11) is 0. The zero-order chi connectivity index (χ0) is 14.9. The van der Waals surface area contributed by atoms with Crippen molar-refractivity contribution in [2.45, 2.75) is 20.0 Å². The monoisotopic (exact) mass is 313 g/mol. The predicted octanol–water partition coefficient (Wildman–Crippen LogP) is 1.97. The van der Waals surface area contributed by atoms with Gasteiger partial charge in [0.1, 0.15) is 5.69 Å². The van der Waals surface area contributed by atoms with Crippen LogP contribution in [-0.2, 0) is 13.1 Å². The smallest absolute Gasteiger partial charge is 0.331 e. The van der Waals surface area contributed by atoms with Crippen LogP contribution < -0.4 is 17.0 Å². The third kappa shape index (κ3) is 2.73. The van der Waals surface area contributed by atoms with E-state index in [9.17, 15) is 9.59 Å². The van der Waals surface area contributed by atoms with Gasteiger partial charge in [0, 0.05) is 22.8 Å².